The molecule has 0 spiro atoms. The van der Waals surface area contributed by atoms with Crippen molar-refractivity contribution < 1.29 is 4.74 Å². The van der Waals surface area contributed by atoms with Gasteiger partial charge in [-0.05, 0) is 24.7 Å². The summed E-state index contributed by atoms with van der Waals surface area (Å²) in [5, 5.41) is 0. The first-order chi connectivity index (χ1) is 8.33. The maximum atomic E-state index is 5.51. The first-order valence-electron chi connectivity index (χ1n) is 5.50. The van der Waals surface area contributed by atoms with Crippen LogP contribution >= 0.6 is 0 Å². The Morgan fingerprint density at radius 3 is 2.94 bits per heavy atom. The molecule has 0 atom stereocenters. The third-order valence-electron chi connectivity index (χ3n) is 2.44. The molecular formula is C13H15N3O. The molecule has 0 amide bonds. The largest absolute Gasteiger partial charge is 0.497 e. The van der Waals surface area contributed by atoms with Crippen molar-refractivity contribution in [3.63, 3.8) is 0 Å². The van der Waals surface area contributed by atoms with Crippen molar-refractivity contribution in [2.45, 2.75) is 6.42 Å². The van der Waals surface area contributed by atoms with E-state index in [9.17, 15) is 0 Å². The summed E-state index contributed by atoms with van der Waals surface area (Å²) >= 11 is 0. The zero-order valence-electron chi connectivity index (χ0n) is 9.76. The topological polar surface area (TPSA) is 61.0 Å². The van der Waals surface area contributed by atoms with Gasteiger partial charge in [-0.1, -0.05) is 12.1 Å². The van der Waals surface area contributed by atoms with E-state index >= 15 is 0 Å². The number of nitrogens with zero attached hydrogens (tertiary/aromatic N) is 2. The van der Waals surface area contributed by atoms with Gasteiger partial charge in [0.1, 0.15) is 5.75 Å². The molecule has 1 aromatic carbocycles. The first-order valence-corrected chi connectivity index (χ1v) is 5.50. The Bertz CT molecular complexity index is 500. The molecule has 17 heavy (non-hydrogen) atoms. The monoisotopic (exact) mass is 229 g/mol. The molecule has 0 radical (unpaired) electrons. The van der Waals surface area contributed by atoms with Crippen LogP contribution in [0.3, 0.4) is 0 Å². The van der Waals surface area contributed by atoms with E-state index in [0.29, 0.717) is 12.4 Å². The van der Waals surface area contributed by atoms with Crippen molar-refractivity contribution in [3.8, 4) is 17.1 Å². The summed E-state index contributed by atoms with van der Waals surface area (Å²) in [6.07, 6.45) is 2.52. The van der Waals surface area contributed by atoms with Gasteiger partial charge in [-0.15, -0.1) is 0 Å². The molecule has 1 heterocycles. The zero-order chi connectivity index (χ0) is 12.1. The van der Waals surface area contributed by atoms with Gasteiger partial charge in [-0.3, -0.25) is 0 Å². The van der Waals surface area contributed by atoms with Gasteiger partial charge >= 0.3 is 0 Å². The van der Waals surface area contributed by atoms with E-state index in [1.54, 1.807) is 13.3 Å². The van der Waals surface area contributed by atoms with Crippen LogP contribution in [-0.2, 0) is 6.42 Å². The molecule has 0 saturated heterocycles. The Balaban J connectivity index is 2.34. The second kappa shape index (κ2) is 5.41. The lowest BCUT2D eigenvalue weighted by atomic mass is 10.2. The SMILES string of the molecule is COc1cccc(-c2nccc(CCN)n2)c1. The number of benzene rings is 1. The van der Waals surface area contributed by atoms with Gasteiger partial charge < -0.3 is 10.5 Å². The van der Waals surface area contributed by atoms with Crippen molar-refractivity contribution in [2.75, 3.05) is 13.7 Å². The van der Waals surface area contributed by atoms with Crippen molar-refractivity contribution in [2.24, 2.45) is 5.73 Å². The van der Waals surface area contributed by atoms with Gasteiger partial charge in [-0.2, -0.15) is 0 Å². The standard InChI is InChI=1S/C13H15N3O/c1-17-12-4-2-3-10(9-12)13-15-8-6-11(16-13)5-7-14/h2-4,6,8-9H,5,7,14H2,1H3. The number of hydrogen-bond acceptors (Lipinski definition) is 4. The molecule has 4 nitrogen and oxygen atoms in total. The summed E-state index contributed by atoms with van der Waals surface area (Å²) in [5.41, 5.74) is 7.42. The van der Waals surface area contributed by atoms with Crippen LogP contribution in [0.2, 0.25) is 0 Å². The van der Waals surface area contributed by atoms with E-state index in [1.165, 1.54) is 0 Å². The fourth-order valence-electron chi connectivity index (χ4n) is 1.58. The normalized spacial score (nSPS) is 10.2. The number of aromatic nitrogens is 2. The highest BCUT2D eigenvalue weighted by Crippen LogP contribution is 2.20. The van der Waals surface area contributed by atoms with E-state index in [0.717, 1.165) is 23.4 Å². The van der Waals surface area contributed by atoms with Crippen LogP contribution in [-0.4, -0.2) is 23.6 Å². The summed E-state index contributed by atoms with van der Waals surface area (Å²) in [7, 11) is 1.64. The van der Waals surface area contributed by atoms with Crippen LogP contribution in [0.1, 0.15) is 5.69 Å². The van der Waals surface area contributed by atoms with Gasteiger partial charge in [0.05, 0.1) is 7.11 Å². The molecule has 2 rings (SSSR count). The summed E-state index contributed by atoms with van der Waals surface area (Å²) in [5.74, 6) is 1.50. The van der Waals surface area contributed by atoms with E-state index in [-0.39, 0.29) is 0 Å². The Morgan fingerprint density at radius 2 is 2.18 bits per heavy atom. The molecule has 0 aliphatic carbocycles. The highest BCUT2D eigenvalue weighted by atomic mass is 16.5. The summed E-state index contributed by atoms with van der Waals surface area (Å²) in [6.45, 7) is 0.592. The lowest BCUT2D eigenvalue weighted by Crippen LogP contribution is -2.05. The summed E-state index contributed by atoms with van der Waals surface area (Å²) in [6, 6.07) is 9.59. The number of nitrogens with two attached hydrogens (primary N) is 1. The minimum atomic E-state index is 0.592. The highest BCUT2D eigenvalue weighted by molar-refractivity contribution is 5.57. The molecule has 0 aliphatic rings. The number of ether oxygens (including phenoxy) is 1. The smallest absolute Gasteiger partial charge is 0.159 e. The molecule has 2 N–H and O–H groups in total. The average molecular weight is 229 g/mol. The number of methoxy groups -OCH3 is 1. The fourth-order valence-corrected chi connectivity index (χ4v) is 1.58. The Labute approximate surface area is 100 Å². The minimum absolute atomic E-state index is 0.592. The lowest BCUT2D eigenvalue weighted by molar-refractivity contribution is 0.415. The maximum Gasteiger partial charge on any atom is 0.159 e. The summed E-state index contributed by atoms with van der Waals surface area (Å²) < 4.78 is 5.18. The van der Waals surface area contributed by atoms with Crippen LogP contribution < -0.4 is 10.5 Å². The maximum absolute atomic E-state index is 5.51. The van der Waals surface area contributed by atoms with Gasteiger partial charge in [0, 0.05) is 23.9 Å². The third-order valence-corrected chi connectivity index (χ3v) is 2.44. The fraction of sp³-hybridized carbons (Fsp3) is 0.231. The van der Waals surface area contributed by atoms with Crippen LogP contribution in [0.25, 0.3) is 11.4 Å². The lowest BCUT2D eigenvalue weighted by Gasteiger charge is -2.04. The van der Waals surface area contributed by atoms with Crippen LogP contribution in [0.15, 0.2) is 36.5 Å². The Hall–Kier alpha value is -1.94. The van der Waals surface area contributed by atoms with Gasteiger partial charge in [0.25, 0.3) is 0 Å². The quantitative estimate of drug-likeness (QED) is 0.866. The molecule has 0 unspecified atom stereocenters. The molecular weight excluding hydrogens is 214 g/mol. The Kier molecular flexibility index (Phi) is 3.67. The summed E-state index contributed by atoms with van der Waals surface area (Å²) in [4.78, 5) is 8.72. The molecule has 0 fully saturated rings. The average Bonchev–Trinajstić information content (AvgIpc) is 2.40. The van der Waals surface area contributed by atoms with E-state index < -0.39 is 0 Å². The van der Waals surface area contributed by atoms with Gasteiger partial charge in [0.15, 0.2) is 5.82 Å². The van der Waals surface area contributed by atoms with Crippen molar-refractivity contribution >= 4 is 0 Å². The molecule has 0 bridgehead atoms. The second-order valence-electron chi connectivity index (χ2n) is 3.64. The molecule has 0 saturated carbocycles. The number of hydrogen-bond donors (Lipinski definition) is 1. The minimum Gasteiger partial charge on any atom is -0.497 e. The molecule has 88 valence electrons. The van der Waals surface area contributed by atoms with Crippen LogP contribution in [0.4, 0.5) is 0 Å². The van der Waals surface area contributed by atoms with E-state index in [4.69, 9.17) is 10.5 Å². The second-order valence-corrected chi connectivity index (χ2v) is 3.64. The predicted octanol–water partition coefficient (Wildman–Crippen LogP) is 1.65. The van der Waals surface area contributed by atoms with Crippen molar-refractivity contribution in [1.82, 2.24) is 9.97 Å². The van der Waals surface area contributed by atoms with E-state index in [2.05, 4.69) is 9.97 Å². The highest BCUT2D eigenvalue weighted by Gasteiger charge is 2.03. The number of rotatable bonds is 4. The first kappa shape index (κ1) is 11.5. The molecule has 2 aromatic rings. The predicted molar refractivity (Wildman–Crippen MR) is 66.8 cm³/mol. The van der Waals surface area contributed by atoms with Crippen molar-refractivity contribution in [3.05, 3.63) is 42.2 Å². The van der Waals surface area contributed by atoms with E-state index in [1.807, 2.05) is 30.3 Å². The van der Waals surface area contributed by atoms with Crippen LogP contribution in [0.5, 0.6) is 5.75 Å². The van der Waals surface area contributed by atoms with Crippen LogP contribution in [0, 0.1) is 0 Å². The molecule has 4 heteroatoms. The molecule has 0 aliphatic heterocycles. The molecule has 1 aromatic heterocycles. The third kappa shape index (κ3) is 2.79. The van der Waals surface area contributed by atoms with Gasteiger partial charge in [0.2, 0.25) is 0 Å². The van der Waals surface area contributed by atoms with Crippen molar-refractivity contribution in [1.29, 1.82) is 0 Å². The Morgan fingerprint density at radius 1 is 1.29 bits per heavy atom. The van der Waals surface area contributed by atoms with Gasteiger partial charge in [-0.25, -0.2) is 9.97 Å². The zero-order valence-corrected chi connectivity index (χ0v) is 9.76.